The number of nitrogens with zero attached hydrogens (tertiary/aromatic N) is 2. The third-order valence-corrected chi connectivity index (χ3v) is 3.29. The molecular formula is C11H18N4O3. The Labute approximate surface area is 105 Å². The first-order chi connectivity index (χ1) is 8.58. The molecule has 0 bridgehead atoms. The number of hydrogen-bond acceptors (Lipinski definition) is 5. The van der Waals surface area contributed by atoms with E-state index in [0.29, 0.717) is 0 Å². The first-order valence-electron chi connectivity index (χ1n) is 6.11. The molecule has 0 saturated carbocycles. The number of likely N-dealkylation sites (N-methyl/N-ethyl adjacent to an activating group) is 1. The molecule has 7 nitrogen and oxygen atoms in total. The maximum Gasteiger partial charge on any atom is 0.252 e. The second-order valence-electron chi connectivity index (χ2n) is 4.64. The van der Waals surface area contributed by atoms with Crippen molar-refractivity contribution in [2.45, 2.75) is 12.5 Å². The number of amides is 3. The van der Waals surface area contributed by atoms with Crippen LogP contribution in [0.5, 0.6) is 0 Å². The first-order valence-corrected chi connectivity index (χ1v) is 6.11. The fourth-order valence-corrected chi connectivity index (χ4v) is 2.18. The number of piperazine rings is 1. The summed E-state index contributed by atoms with van der Waals surface area (Å²) in [5.41, 5.74) is 0. The van der Waals surface area contributed by atoms with Gasteiger partial charge in [-0.1, -0.05) is 0 Å². The highest BCUT2D eigenvalue weighted by molar-refractivity contribution is 6.06. The van der Waals surface area contributed by atoms with Crippen molar-refractivity contribution in [1.29, 1.82) is 0 Å². The largest absolute Gasteiger partial charge is 0.343 e. The molecule has 3 amide bonds. The monoisotopic (exact) mass is 254 g/mol. The molecule has 2 fully saturated rings. The SMILES string of the molecule is CN1C(=O)CC(NC(=O)CN2CCNCC2)C1=O. The van der Waals surface area contributed by atoms with E-state index >= 15 is 0 Å². The standard InChI is InChI=1S/C11H18N4O3/c1-14-10(17)6-8(11(14)18)13-9(16)7-15-4-2-12-3-5-15/h8,12H,2-7H2,1H3,(H,13,16). The molecular weight excluding hydrogens is 236 g/mol. The van der Waals surface area contributed by atoms with E-state index in [1.807, 2.05) is 4.90 Å². The summed E-state index contributed by atoms with van der Waals surface area (Å²) in [7, 11) is 1.44. The molecule has 0 spiro atoms. The van der Waals surface area contributed by atoms with Gasteiger partial charge in [0, 0.05) is 33.2 Å². The molecule has 7 heteroatoms. The molecule has 2 saturated heterocycles. The minimum atomic E-state index is -0.682. The van der Waals surface area contributed by atoms with Gasteiger partial charge in [-0.2, -0.15) is 0 Å². The summed E-state index contributed by atoms with van der Waals surface area (Å²) < 4.78 is 0. The molecule has 0 aromatic carbocycles. The zero-order chi connectivity index (χ0) is 13.1. The van der Waals surface area contributed by atoms with Crippen LogP contribution < -0.4 is 10.6 Å². The van der Waals surface area contributed by atoms with E-state index in [-0.39, 0.29) is 30.7 Å². The van der Waals surface area contributed by atoms with Crippen LogP contribution in [0.15, 0.2) is 0 Å². The molecule has 2 aliphatic rings. The van der Waals surface area contributed by atoms with E-state index in [1.54, 1.807) is 0 Å². The Morgan fingerprint density at radius 2 is 2.06 bits per heavy atom. The first kappa shape index (κ1) is 13.0. The van der Waals surface area contributed by atoms with Crippen LogP contribution in [0.2, 0.25) is 0 Å². The average molecular weight is 254 g/mol. The van der Waals surface area contributed by atoms with Crippen molar-refractivity contribution in [3.8, 4) is 0 Å². The molecule has 2 heterocycles. The minimum Gasteiger partial charge on any atom is -0.343 e. The third-order valence-electron chi connectivity index (χ3n) is 3.29. The van der Waals surface area contributed by atoms with Crippen molar-refractivity contribution < 1.29 is 14.4 Å². The molecule has 2 rings (SSSR count). The van der Waals surface area contributed by atoms with E-state index in [1.165, 1.54) is 7.05 Å². The summed E-state index contributed by atoms with van der Waals surface area (Å²) in [6, 6.07) is -0.682. The van der Waals surface area contributed by atoms with E-state index in [0.717, 1.165) is 31.1 Å². The summed E-state index contributed by atoms with van der Waals surface area (Å²) >= 11 is 0. The number of carbonyl (C=O) groups excluding carboxylic acids is 3. The fraction of sp³-hybridized carbons (Fsp3) is 0.727. The molecule has 0 aromatic rings. The van der Waals surface area contributed by atoms with E-state index in [4.69, 9.17) is 0 Å². The second-order valence-corrected chi connectivity index (χ2v) is 4.64. The highest BCUT2D eigenvalue weighted by Crippen LogP contribution is 2.10. The summed E-state index contributed by atoms with van der Waals surface area (Å²) in [6.45, 7) is 3.67. The van der Waals surface area contributed by atoms with Gasteiger partial charge in [0.05, 0.1) is 13.0 Å². The van der Waals surface area contributed by atoms with Gasteiger partial charge >= 0.3 is 0 Å². The summed E-state index contributed by atoms with van der Waals surface area (Å²) in [5.74, 6) is -0.764. The summed E-state index contributed by atoms with van der Waals surface area (Å²) in [6.07, 6.45) is 0.0721. The lowest BCUT2D eigenvalue weighted by atomic mass is 10.2. The van der Waals surface area contributed by atoms with Gasteiger partial charge in [-0.05, 0) is 0 Å². The van der Waals surface area contributed by atoms with Gasteiger partial charge in [0.25, 0.3) is 5.91 Å². The van der Waals surface area contributed by atoms with Crippen LogP contribution in [-0.2, 0) is 14.4 Å². The minimum absolute atomic E-state index is 0.0721. The Bertz CT molecular complexity index is 365. The zero-order valence-electron chi connectivity index (χ0n) is 10.4. The highest BCUT2D eigenvalue weighted by Gasteiger charge is 2.36. The highest BCUT2D eigenvalue weighted by atomic mass is 16.2. The number of carbonyl (C=O) groups is 3. The molecule has 0 aromatic heterocycles. The molecule has 100 valence electrons. The van der Waals surface area contributed by atoms with Crippen molar-refractivity contribution in [2.75, 3.05) is 39.8 Å². The normalized spacial score (nSPS) is 25.6. The Morgan fingerprint density at radius 3 is 2.61 bits per heavy atom. The second kappa shape index (κ2) is 5.45. The Hall–Kier alpha value is -1.47. The molecule has 1 unspecified atom stereocenters. The van der Waals surface area contributed by atoms with Gasteiger partial charge in [0.15, 0.2) is 0 Å². The Kier molecular flexibility index (Phi) is 3.93. The molecule has 0 aliphatic carbocycles. The number of imide groups is 1. The van der Waals surface area contributed by atoms with Crippen LogP contribution in [0, 0.1) is 0 Å². The van der Waals surface area contributed by atoms with Crippen molar-refractivity contribution in [3.63, 3.8) is 0 Å². The molecule has 1 atom stereocenters. The lowest BCUT2D eigenvalue weighted by Gasteiger charge is -2.26. The molecule has 2 N–H and O–H groups in total. The third kappa shape index (κ3) is 2.85. The van der Waals surface area contributed by atoms with E-state index in [9.17, 15) is 14.4 Å². The van der Waals surface area contributed by atoms with Gasteiger partial charge in [0.1, 0.15) is 6.04 Å². The van der Waals surface area contributed by atoms with Gasteiger partial charge in [-0.25, -0.2) is 0 Å². The average Bonchev–Trinajstić information content (AvgIpc) is 2.58. The predicted octanol–water partition coefficient (Wildman–Crippen LogP) is -2.23. The Balaban J connectivity index is 1.80. The Morgan fingerprint density at radius 1 is 1.39 bits per heavy atom. The smallest absolute Gasteiger partial charge is 0.252 e. The van der Waals surface area contributed by atoms with Crippen LogP contribution in [0.25, 0.3) is 0 Å². The zero-order valence-corrected chi connectivity index (χ0v) is 10.4. The van der Waals surface area contributed by atoms with Gasteiger partial charge in [-0.15, -0.1) is 0 Å². The summed E-state index contributed by atoms with van der Waals surface area (Å²) in [4.78, 5) is 37.8. The molecule has 0 radical (unpaired) electrons. The van der Waals surface area contributed by atoms with Crippen molar-refractivity contribution in [3.05, 3.63) is 0 Å². The number of rotatable bonds is 3. The number of likely N-dealkylation sites (tertiary alicyclic amines) is 1. The maximum absolute atomic E-state index is 11.8. The van der Waals surface area contributed by atoms with Crippen molar-refractivity contribution in [1.82, 2.24) is 20.4 Å². The van der Waals surface area contributed by atoms with Gasteiger partial charge in [-0.3, -0.25) is 24.2 Å². The summed E-state index contributed by atoms with van der Waals surface area (Å²) in [5, 5.41) is 5.82. The topological polar surface area (TPSA) is 81.8 Å². The van der Waals surface area contributed by atoms with Crippen molar-refractivity contribution in [2.24, 2.45) is 0 Å². The predicted molar refractivity (Wildman–Crippen MR) is 63.6 cm³/mol. The van der Waals surface area contributed by atoms with Crippen molar-refractivity contribution >= 4 is 17.7 Å². The lowest BCUT2D eigenvalue weighted by Crippen LogP contribution is -2.50. The van der Waals surface area contributed by atoms with Crippen LogP contribution >= 0.6 is 0 Å². The number of hydrogen-bond donors (Lipinski definition) is 2. The molecule has 18 heavy (non-hydrogen) atoms. The maximum atomic E-state index is 11.8. The lowest BCUT2D eigenvalue weighted by molar-refractivity contribution is -0.138. The van der Waals surface area contributed by atoms with Crippen LogP contribution in [0.4, 0.5) is 0 Å². The van der Waals surface area contributed by atoms with Gasteiger partial charge < -0.3 is 10.6 Å². The van der Waals surface area contributed by atoms with E-state index < -0.39 is 6.04 Å². The van der Waals surface area contributed by atoms with Crippen LogP contribution in [-0.4, -0.2) is 73.3 Å². The molecule has 2 aliphatic heterocycles. The van der Waals surface area contributed by atoms with Crippen LogP contribution in [0.1, 0.15) is 6.42 Å². The quantitative estimate of drug-likeness (QED) is 0.557. The van der Waals surface area contributed by atoms with E-state index in [2.05, 4.69) is 10.6 Å². The number of nitrogens with one attached hydrogen (secondary N) is 2. The van der Waals surface area contributed by atoms with Crippen LogP contribution in [0.3, 0.4) is 0 Å². The van der Waals surface area contributed by atoms with Gasteiger partial charge in [0.2, 0.25) is 11.8 Å². The fourth-order valence-electron chi connectivity index (χ4n) is 2.18.